The van der Waals surface area contributed by atoms with Crippen LogP contribution in [0.25, 0.3) is 0 Å². The van der Waals surface area contributed by atoms with Gasteiger partial charge in [-0.1, -0.05) is 30.3 Å². The number of hydrogen-bond donors (Lipinski definition) is 0. The van der Waals surface area contributed by atoms with Crippen LogP contribution in [0.4, 0.5) is 13.2 Å². The lowest BCUT2D eigenvalue weighted by Crippen LogP contribution is -2.38. The lowest BCUT2D eigenvalue weighted by molar-refractivity contribution is -0.137. The predicted octanol–water partition coefficient (Wildman–Crippen LogP) is 4.46. The largest absolute Gasteiger partial charge is 0.416 e. The maximum absolute atomic E-state index is 12.8. The van der Waals surface area contributed by atoms with Crippen LogP contribution in [0, 0.1) is 0 Å². The van der Waals surface area contributed by atoms with E-state index in [-0.39, 0.29) is 17.5 Å². The van der Waals surface area contributed by atoms with Crippen LogP contribution in [0.3, 0.4) is 0 Å². The smallest absolute Gasteiger partial charge is 0.332 e. The Morgan fingerprint density at radius 2 is 1.87 bits per heavy atom. The van der Waals surface area contributed by atoms with Crippen LogP contribution in [-0.4, -0.2) is 17.4 Å². The lowest BCUT2D eigenvalue weighted by Gasteiger charge is -2.35. The van der Waals surface area contributed by atoms with E-state index in [0.717, 1.165) is 17.7 Å². The number of carbonyl (C=O) groups excluding carboxylic acids is 1. The maximum atomic E-state index is 12.8. The number of benzene rings is 2. The number of nitrogens with zero attached hydrogens (tertiary/aromatic N) is 1. The normalized spacial score (nSPS) is 17.7. The van der Waals surface area contributed by atoms with Crippen molar-refractivity contribution < 1.29 is 18.0 Å². The summed E-state index contributed by atoms with van der Waals surface area (Å²) in [5.41, 5.74) is 1.52. The summed E-state index contributed by atoms with van der Waals surface area (Å²) >= 11 is 0. The molecule has 1 atom stereocenters. The molecule has 2 nitrogen and oxygen atoms in total. The van der Waals surface area contributed by atoms with Gasteiger partial charge in [-0.25, -0.2) is 0 Å². The molecular formula is C18H16F3NO. The van der Waals surface area contributed by atoms with Gasteiger partial charge in [0, 0.05) is 12.1 Å². The predicted molar refractivity (Wildman–Crippen MR) is 81.0 cm³/mol. The van der Waals surface area contributed by atoms with Crippen molar-refractivity contribution in [2.75, 3.05) is 6.54 Å². The Hall–Kier alpha value is -2.30. The van der Waals surface area contributed by atoms with Gasteiger partial charge in [0.25, 0.3) is 5.91 Å². The van der Waals surface area contributed by atoms with Crippen molar-refractivity contribution in [1.82, 2.24) is 4.90 Å². The van der Waals surface area contributed by atoms with E-state index < -0.39 is 11.7 Å². The fraction of sp³-hybridized carbons (Fsp3) is 0.278. The van der Waals surface area contributed by atoms with Crippen molar-refractivity contribution >= 4 is 5.91 Å². The van der Waals surface area contributed by atoms with Gasteiger partial charge in [-0.05, 0) is 42.7 Å². The van der Waals surface area contributed by atoms with Crippen LogP contribution in [-0.2, 0) is 12.6 Å². The summed E-state index contributed by atoms with van der Waals surface area (Å²) < 4.78 is 38.5. The molecule has 23 heavy (non-hydrogen) atoms. The molecule has 0 radical (unpaired) electrons. The molecule has 0 saturated carbocycles. The summed E-state index contributed by atoms with van der Waals surface area (Å²) in [6.07, 6.45) is -3.73. The Labute approximate surface area is 132 Å². The Balaban J connectivity index is 1.90. The molecule has 0 aromatic heterocycles. The number of hydrogen-bond acceptors (Lipinski definition) is 1. The summed E-state index contributed by atoms with van der Waals surface area (Å²) in [6.45, 7) is 2.41. The van der Waals surface area contributed by atoms with E-state index in [1.165, 1.54) is 17.7 Å². The third-order valence-electron chi connectivity index (χ3n) is 4.29. The molecule has 1 aliphatic rings. The first-order valence-corrected chi connectivity index (χ1v) is 7.44. The third-order valence-corrected chi connectivity index (χ3v) is 4.29. The molecule has 1 heterocycles. The van der Waals surface area contributed by atoms with Gasteiger partial charge in [0.15, 0.2) is 0 Å². The lowest BCUT2D eigenvalue weighted by atomic mass is 9.93. The van der Waals surface area contributed by atoms with Crippen LogP contribution in [0.2, 0.25) is 0 Å². The minimum atomic E-state index is -4.45. The molecule has 0 N–H and O–H groups in total. The van der Waals surface area contributed by atoms with Gasteiger partial charge < -0.3 is 4.90 Å². The first kappa shape index (κ1) is 15.6. The van der Waals surface area contributed by atoms with Gasteiger partial charge in [-0.15, -0.1) is 0 Å². The molecule has 1 amide bonds. The number of amides is 1. The maximum Gasteiger partial charge on any atom is 0.416 e. The van der Waals surface area contributed by atoms with Gasteiger partial charge in [0.1, 0.15) is 0 Å². The van der Waals surface area contributed by atoms with Gasteiger partial charge >= 0.3 is 6.18 Å². The molecule has 120 valence electrons. The van der Waals surface area contributed by atoms with Crippen molar-refractivity contribution in [3.63, 3.8) is 0 Å². The van der Waals surface area contributed by atoms with E-state index >= 15 is 0 Å². The van der Waals surface area contributed by atoms with Crippen LogP contribution in [0.1, 0.15) is 40.0 Å². The first-order valence-electron chi connectivity index (χ1n) is 7.44. The Kier molecular flexibility index (Phi) is 3.88. The molecule has 0 aliphatic carbocycles. The first-order chi connectivity index (χ1) is 10.9. The standard InChI is InChI=1S/C18H16F3NO/c1-12-16-8-3-2-5-13(16)9-10-22(12)17(23)14-6-4-7-15(11-14)18(19,20)21/h2-8,11-12H,9-10H2,1H3. The van der Waals surface area contributed by atoms with Crippen molar-refractivity contribution in [2.24, 2.45) is 0 Å². The third kappa shape index (κ3) is 2.96. The topological polar surface area (TPSA) is 20.3 Å². The minimum absolute atomic E-state index is 0.0751. The zero-order valence-electron chi connectivity index (χ0n) is 12.6. The number of rotatable bonds is 1. The summed E-state index contributed by atoms with van der Waals surface area (Å²) in [6, 6.07) is 12.3. The summed E-state index contributed by atoms with van der Waals surface area (Å²) in [4.78, 5) is 14.3. The highest BCUT2D eigenvalue weighted by Crippen LogP contribution is 2.32. The fourth-order valence-corrected chi connectivity index (χ4v) is 3.04. The van der Waals surface area contributed by atoms with Gasteiger partial charge in [-0.3, -0.25) is 4.79 Å². The number of carbonyl (C=O) groups is 1. The van der Waals surface area contributed by atoms with Crippen molar-refractivity contribution in [3.05, 3.63) is 70.8 Å². The quantitative estimate of drug-likeness (QED) is 0.760. The van der Waals surface area contributed by atoms with E-state index in [2.05, 4.69) is 0 Å². The molecule has 3 rings (SSSR count). The van der Waals surface area contributed by atoms with Crippen LogP contribution in [0.15, 0.2) is 48.5 Å². The van der Waals surface area contributed by atoms with Gasteiger partial charge in [0.2, 0.25) is 0 Å². The molecule has 1 unspecified atom stereocenters. The molecule has 5 heteroatoms. The molecule has 0 bridgehead atoms. The second-order valence-corrected chi connectivity index (χ2v) is 5.70. The molecule has 0 spiro atoms. The number of halogens is 3. The highest BCUT2D eigenvalue weighted by atomic mass is 19.4. The van der Waals surface area contributed by atoms with E-state index in [0.29, 0.717) is 13.0 Å². The van der Waals surface area contributed by atoms with Crippen molar-refractivity contribution in [3.8, 4) is 0 Å². The molecule has 1 aliphatic heterocycles. The van der Waals surface area contributed by atoms with E-state index in [1.54, 1.807) is 4.90 Å². The Morgan fingerprint density at radius 1 is 1.13 bits per heavy atom. The fourth-order valence-electron chi connectivity index (χ4n) is 3.04. The molecule has 0 fully saturated rings. The molecular weight excluding hydrogens is 303 g/mol. The van der Waals surface area contributed by atoms with Crippen LogP contribution < -0.4 is 0 Å². The zero-order valence-corrected chi connectivity index (χ0v) is 12.6. The van der Waals surface area contributed by atoms with Crippen molar-refractivity contribution in [2.45, 2.75) is 25.6 Å². The summed E-state index contributed by atoms with van der Waals surface area (Å²) in [5, 5.41) is 0. The average Bonchev–Trinajstić information content (AvgIpc) is 2.54. The van der Waals surface area contributed by atoms with Crippen LogP contribution in [0.5, 0.6) is 0 Å². The second-order valence-electron chi connectivity index (χ2n) is 5.70. The Morgan fingerprint density at radius 3 is 2.61 bits per heavy atom. The minimum Gasteiger partial charge on any atom is -0.332 e. The van der Waals surface area contributed by atoms with E-state index in [1.807, 2.05) is 31.2 Å². The molecule has 2 aromatic rings. The van der Waals surface area contributed by atoms with Crippen molar-refractivity contribution in [1.29, 1.82) is 0 Å². The number of alkyl halides is 3. The number of fused-ring (bicyclic) bond motifs is 1. The monoisotopic (exact) mass is 319 g/mol. The highest BCUT2D eigenvalue weighted by molar-refractivity contribution is 5.94. The van der Waals surface area contributed by atoms with E-state index in [9.17, 15) is 18.0 Å². The molecule has 0 saturated heterocycles. The van der Waals surface area contributed by atoms with E-state index in [4.69, 9.17) is 0 Å². The molecule has 2 aromatic carbocycles. The zero-order chi connectivity index (χ0) is 16.6. The summed E-state index contributed by atoms with van der Waals surface area (Å²) in [7, 11) is 0. The summed E-state index contributed by atoms with van der Waals surface area (Å²) in [5.74, 6) is -0.363. The Bertz CT molecular complexity index is 739. The van der Waals surface area contributed by atoms with Gasteiger partial charge in [0.05, 0.1) is 11.6 Å². The second kappa shape index (κ2) is 5.72. The van der Waals surface area contributed by atoms with Crippen LogP contribution >= 0.6 is 0 Å². The SMILES string of the molecule is CC1c2ccccc2CCN1C(=O)c1cccc(C(F)(F)F)c1. The highest BCUT2D eigenvalue weighted by Gasteiger charge is 2.32. The average molecular weight is 319 g/mol. The van der Waals surface area contributed by atoms with Gasteiger partial charge in [-0.2, -0.15) is 13.2 Å².